The lowest BCUT2D eigenvalue weighted by Gasteiger charge is -2.25. The van der Waals surface area contributed by atoms with Gasteiger partial charge in [0.25, 0.3) is 0 Å². The third-order valence-corrected chi connectivity index (χ3v) is 7.64. The van der Waals surface area contributed by atoms with Crippen molar-refractivity contribution >= 4 is 21.0 Å². The fourth-order valence-electron chi connectivity index (χ4n) is 5.28. The number of ketones is 2. The molecule has 2 heterocycles. The van der Waals surface area contributed by atoms with Gasteiger partial charge in [-0.2, -0.15) is 0 Å². The van der Waals surface area contributed by atoms with E-state index >= 15 is 0 Å². The van der Waals surface area contributed by atoms with Crippen molar-refractivity contribution in [2.24, 2.45) is 5.92 Å². The van der Waals surface area contributed by atoms with Crippen LogP contribution in [-0.4, -0.2) is 60.5 Å². The van der Waals surface area contributed by atoms with Gasteiger partial charge in [0.15, 0.2) is 17.9 Å². The molecule has 1 aliphatic carbocycles. The fraction of sp³-hybridized carbons (Fsp3) is 0.462. The van der Waals surface area contributed by atoms with Crippen LogP contribution in [0.25, 0.3) is 11.1 Å². The van der Waals surface area contributed by atoms with Gasteiger partial charge in [-0.05, 0) is 60.1 Å². The molecule has 0 amide bonds. The topological polar surface area (TPSA) is 85.3 Å². The summed E-state index contributed by atoms with van der Waals surface area (Å²) in [6.45, 7) is 1.57. The second-order valence-electron chi connectivity index (χ2n) is 9.39. The van der Waals surface area contributed by atoms with Crippen molar-refractivity contribution in [3.8, 4) is 16.9 Å². The monoisotopic (exact) mass is 483 g/mol. The molecule has 0 spiro atoms. The first-order chi connectivity index (χ1) is 16.4. The number of ether oxygens (including phenoxy) is 3. The van der Waals surface area contributed by atoms with Crippen LogP contribution in [0, 0.1) is 5.92 Å². The first-order valence-electron chi connectivity index (χ1n) is 11.7. The van der Waals surface area contributed by atoms with Crippen LogP contribution in [0.2, 0.25) is 0 Å². The summed E-state index contributed by atoms with van der Waals surface area (Å²) in [7, 11) is 4.29. The molecule has 7 nitrogen and oxygen atoms in total. The molecule has 0 saturated carbocycles. The summed E-state index contributed by atoms with van der Waals surface area (Å²) >= 11 is 0. The van der Waals surface area contributed by atoms with E-state index < -0.39 is 6.29 Å². The number of rotatable bonds is 7. The number of benzene rings is 2. The lowest BCUT2D eigenvalue weighted by molar-refractivity contribution is -0.119. The van der Waals surface area contributed by atoms with E-state index in [1.54, 1.807) is 13.2 Å². The number of methoxy groups -OCH3 is 1. The van der Waals surface area contributed by atoms with Crippen LogP contribution in [0.3, 0.4) is 0 Å². The van der Waals surface area contributed by atoms with Crippen molar-refractivity contribution < 1.29 is 28.9 Å². The molecule has 1 N–H and O–H groups in total. The highest BCUT2D eigenvalue weighted by atomic mass is 31.0. The lowest BCUT2D eigenvalue weighted by Crippen LogP contribution is -2.36. The normalized spacial score (nSPS) is 22.5. The molecule has 34 heavy (non-hydrogen) atoms. The van der Waals surface area contributed by atoms with Crippen LogP contribution >= 0.6 is 9.39 Å². The SMILES string of the molecule is COCC1C[C@@H](C(O)OCC(=O)c2ccc3c(c2)COc2cc4c(cc2-3)CCCC4=O)N(P)C1. The van der Waals surface area contributed by atoms with Gasteiger partial charge in [-0.25, -0.2) is 0 Å². The van der Waals surface area contributed by atoms with Crippen molar-refractivity contribution in [1.82, 2.24) is 4.67 Å². The molecule has 2 aromatic rings. The highest BCUT2D eigenvalue weighted by Gasteiger charge is 2.35. The number of carbonyl (C=O) groups excluding carboxylic acids is 2. The minimum atomic E-state index is -1.05. The van der Waals surface area contributed by atoms with Crippen molar-refractivity contribution in [1.29, 1.82) is 0 Å². The lowest BCUT2D eigenvalue weighted by atomic mass is 9.86. The maximum absolute atomic E-state index is 12.8. The number of Topliss-reactive ketones (excluding diaryl/α,β-unsaturated/α-hetero) is 2. The van der Waals surface area contributed by atoms with Gasteiger partial charge >= 0.3 is 0 Å². The fourth-order valence-corrected chi connectivity index (χ4v) is 5.84. The van der Waals surface area contributed by atoms with Crippen molar-refractivity contribution in [3.63, 3.8) is 0 Å². The van der Waals surface area contributed by atoms with Gasteiger partial charge in [-0.3, -0.25) is 14.3 Å². The number of carbonyl (C=O) groups is 2. The first-order valence-corrected chi connectivity index (χ1v) is 12.3. The second kappa shape index (κ2) is 9.84. The quantitative estimate of drug-likeness (QED) is 0.367. The Bertz CT molecular complexity index is 1120. The molecule has 1 saturated heterocycles. The molecule has 2 aromatic carbocycles. The Morgan fingerprint density at radius 2 is 2.06 bits per heavy atom. The average molecular weight is 484 g/mol. The molecule has 4 atom stereocenters. The third kappa shape index (κ3) is 4.56. The maximum Gasteiger partial charge on any atom is 0.188 e. The summed E-state index contributed by atoms with van der Waals surface area (Å²) in [6, 6.07) is 9.32. The average Bonchev–Trinajstić information content (AvgIpc) is 3.21. The molecule has 0 bridgehead atoms. The maximum atomic E-state index is 12.8. The van der Waals surface area contributed by atoms with Gasteiger partial charge in [-0.15, -0.1) is 0 Å². The van der Waals surface area contributed by atoms with E-state index in [-0.39, 0.29) is 24.2 Å². The van der Waals surface area contributed by atoms with Crippen LogP contribution in [0.5, 0.6) is 5.75 Å². The minimum absolute atomic E-state index is 0.179. The summed E-state index contributed by atoms with van der Waals surface area (Å²) in [6.07, 6.45) is 2.05. The molecule has 0 aromatic heterocycles. The van der Waals surface area contributed by atoms with E-state index in [1.807, 2.05) is 22.9 Å². The van der Waals surface area contributed by atoms with Crippen molar-refractivity contribution in [3.05, 3.63) is 52.6 Å². The van der Waals surface area contributed by atoms with Gasteiger partial charge in [-0.1, -0.05) is 21.5 Å². The van der Waals surface area contributed by atoms with Crippen LogP contribution in [0.1, 0.15) is 51.1 Å². The van der Waals surface area contributed by atoms with Gasteiger partial charge < -0.3 is 19.3 Å². The van der Waals surface area contributed by atoms with Crippen LogP contribution < -0.4 is 4.74 Å². The summed E-state index contributed by atoms with van der Waals surface area (Å²) in [5.41, 5.74) is 5.28. The largest absolute Gasteiger partial charge is 0.488 e. The molecular weight excluding hydrogens is 453 g/mol. The summed E-state index contributed by atoms with van der Waals surface area (Å²) in [4.78, 5) is 25.1. The smallest absolute Gasteiger partial charge is 0.188 e. The number of hydrogen-bond acceptors (Lipinski definition) is 7. The number of fused-ring (bicyclic) bond motifs is 4. The predicted octanol–water partition coefficient (Wildman–Crippen LogP) is 3.41. The number of aliphatic hydroxyl groups is 1. The highest BCUT2D eigenvalue weighted by Crippen LogP contribution is 2.41. The predicted molar refractivity (Wildman–Crippen MR) is 130 cm³/mol. The van der Waals surface area contributed by atoms with Crippen LogP contribution in [-0.2, 0) is 22.5 Å². The Kier molecular flexibility index (Phi) is 6.83. The van der Waals surface area contributed by atoms with E-state index in [0.29, 0.717) is 31.1 Å². The zero-order valence-electron chi connectivity index (χ0n) is 19.3. The molecule has 2 aliphatic heterocycles. The molecule has 8 heteroatoms. The Morgan fingerprint density at radius 1 is 1.21 bits per heavy atom. The molecule has 1 fully saturated rings. The number of aliphatic hydroxyl groups excluding tert-OH is 1. The van der Waals surface area contributed by atoms with Gasteiger partial charge in [0.2, 0.25) is 0 Å². The Labute approximate surface area is 201 Å². The molecule has 0 radical (unpaired) electrons. The molecular formula is C26H30NO6P. The standard InChI is InChI=1S/C26H30NO6P/c1-31-12-15-7-22(27(34)11-15)26(30)33-14-24(29)17-5-6-19-18(8-17)13-32-25-10-20-16(9-21(19)25)3-2-4-23(20)28/h5-6,8-10,15,22,26,30H,2-4,7,11-14,34H2,1H3/t15?,22-,26?/m0/s1. The zero-order valence-corrected chi connectivity index (χ0v) is 20.4. The van der Waals surface area contributed by atoms with Crippen molar-refractivity contribution in [2.45, 2.75) is 44.6 Å². The Balaban J connectivity index is 1.27. The third-order valence-electron chi connectivity index (χ3n) is 7.04. The molecule has 5 rings (SSSR count). The molecule has 3 aliphatic rings. The van der Waals surface area contributed by atoms with Gasteiger partial charge in [0.05, 0.1) is 12.6 Å². The van der Waals surface area contributed by atoms with E-state index in [9.17, 15) is 14.7 Å². The Morgan fingerprint density at radius 3 is 2.88 bits per heavy atom. The summed E-state index contributed by atoms with van der Waals surface area (Å²) in [5.74, 6) is 1.04. The van der Waals surface area contributed by atoms with E-state index in [4.69, 9.17) is 14.2 Å². The molecule has 3 unspecified atom stereocenters. The summed E-state index contributed by atoms with van der Waals surface area (Å²) in [5, 5.41) is 10.5. The highest BCUT2D eigenvalue weighted by molar-refractivity contribution is 7.13. The van der Waals surface area contributed by atoms with Crippen LogP contribution in [0.4, 0.5) is 0 Å². The van der Waals surface area contributed by atoms with Gasteiger partial charge in [0.1, 0.15) is 19.0 Å². The number of aryl methyl sites for hydroxylation is 1. The molecule has 180 valence electrons. The van der Waals surface area contributed by atoms with Crippen molar-refractivity contribution in [2.75, 3.05) is 26.9 Å². The summed E-state index contributed by atoms with van der Waals surface area (Å²) < 4.78 is 18.7. The van der Waals surface area contributed by atoms with Crippen LogP contribution in [0.15, 0.2) is 30.3 Å². The van der Waals surface area contributed by atoms with E-state index in [0.717, 1.165) is 59.4 Å². The van der Waals surface area contributed by atoms with Gasteiger partial charge in [0, 0.05) is 36.8 Å². The zero-order chi connectivity index (χ0) is 23.8. The second-order valence-corrected chi connectivity index (χ2v) is 10.1. The minimum Gasteiger partial charge on any atom is -0.488 e. The van der Waals surface area contributed by atoms with E-state index in [1.165, 1.54) is 0 Å². The number of nitrogens with zero attached hydrogens (tertiary/aromatic N) is 1. The first kappa shape index (κ1) is 23.6. The van der Waals surface area contributed by atoms with E-state index in [2.05, 4.69) is 15.5 Å². The number of hydrogen-bond donors (Lipinski definition) is 1. The Hall–Kier alpha value is -2.15.